The summed E-state index contributed by atoms with van der Waals surface area (Å²) in [4.78, 5) is 14.2. The van der Waals surface area contributed by atoms with Gasteiger partial charge in [-0.3, -0.25) is 0 Å². The first-order valence-electron chi connectivity index (χ1n) is 7.31. The van der Waals surface area contributed by atoms with Crippen LogP contribution in [0, 0.1) is 0 Å². The molecular weight excluding hydrogens is 282 g/mol. The average molecular weight is 299 g/mol. The average Bonchev–Trinajstić information content (AvgIpc) is 3.14. The summed E-state index contributed by atoms with van der Waals surface area (Å²) in [7, 11) is 2.06. The zero-order valence-corrected chi connectivity index (χ0v) is 12.5. The van der Waals surface area contributed by atoms with Crippen LogP contribution in [0.5, 0.6) is 0 Å². The highest BCUT2D eigenvalue weighted by atomic mass is 16.5. The lowest BCUT2D eigenvalue weighted by atomic mass is 10.2. The highest BCUT2D eigenvalue weighted by molar-refractivity contribution is 5.77. The van der Waals surface area contributed by atoms with Gasteiger partial charge in [-0.15, -0.1) is 0 Å². The number of likely N-dealkylation sites (N-methyl/N-ethyl adjacent to an activating group) is 1. The Balaban J connectivity index is 1.63. The Labute approximate surface area is 127 Å². The lowest BCUT2D eigenvalue weighted by Crippen LogP contribution is -2.40. The standard InChI is InChI=1S/C15H17N5O2/c1-9-7-20(2)8-12(21-9)15-18-14(19-22-15)11-4-3-10-5-6-16-13(10)17-11/h3-6,9,12H,7-8H2,1-2H3,(H,16,17)/t9-,12-/m1/s1. The molecule has 1 fully saturated rings. The lowest BCUT2D eigenvalue weighted by Gasteiger charge is -2.32. The van der Waals surface area contributed by atoms with Gasteiger partial charge in [-0.25, -0.2) is 4.98 Å². The first-order valence-corrected chi connectivity index (χ1v) is 7.31. The van der Waals surface area contributed by atoms with Gasteiger partial charge in [-0.1, -0.05) is 5.16 Å². The van der Waals surface area contributed by atoms with Crippen molar-refractivity contribution in [3.8, 4) is 11.5 Å². The number of morpholine rings is 1. The van der Waals surface area contributed by atoms with Crippen molar-refractivity contribution in [3.05, 3.63) is 30.3 Å². The summed E-state index contributed by atoms with van der Waals surface area (Å²) in [5.41, 5.74) is 1.49. The predicted molar refractivity (Wildman–Crippen MR) is 80.2 cm³/mol. The third kappa shape index (κ3) is 2.38. The SMILES string of the molecule is C[C@@H]1CN(C)C[C@H](c2nc(-c3ccc4cc[nH]c4n3)no2)O1. The van der Waals surface area contributed by atoms with Crippen molar-refractivity contribution in [1.82, 2.24) is 25.0 Å². The van der Waals surface area contributed by atoms with Gasteiger partial charge < -0.3 is 19.1 Å². The Morgan fingerprint density at radius 2 is 2.14 bits per heavy atom. The number of H-pyrrole nitrogens is 1. The van der Waals surface area contributed by atoms with E-state index in [-0.39, 0.29) is 12.2 Å². The number of aromatic amines is 1. The molecule has 1 saturated heterocycles. The van der Waals surface area contributed by atoms with Crippen molar-refractivity contribution < 1.29 is 9.26 Å². The van der Waals surface area contributed by atoms with E-state index in [0.717, 1.165) is 24.1 Å². The number of hydrogen-bond donors (Lipinski definition) is 1. The Morgan fingerprint density at radius 1 is 1.23 bits per heavy atom. The molecule has 0 aromatic carbocycles. The molecule has 0 bridgehead atoms. The molecule has 2 atom stereocenters. The zero-order valence-electron chi connectivity index (χ0n) is 12.5. The van der Waals surface area contributed by atoms with Crippen LogP contribution in [0.4, 0.5) is 0 Å². The van der Waals surface area contributed by atoms with Crippen molar-refractivity contribution in [2.75, 3.05) is 20.1 Å². The number of pyridine rings is 1. The van der Waals surface area contributed by atoms with Crippen molar-refractivity contribution in [3.63, 3.8) is 0 Å². The van der Waals surface area contributed by atoms with E-state index in [1.807, 2.05) is 31.3 Å². The normalized spacial score (nSPS) is 23.2. The second-order valence-electron chi connectivity index (χ2n) is 5.72. The van der Waals surface area contributed by atoms with Crippen LogP contribution in [0.25, 0.3) is 22.6 Å². The van der Waals surface area contributed by atoms with E-state index >= 15 is 0 Å². The van der Waals surface area contributed by atoms with Gasteiger partial charge in [-0.05, 0) is 32.2 Å². The molecule has 0 saturated carbocycles. The quantitative estimate of drug-likeness (QED) is 0.779. The highest BCUT2D eigenvalue weighted by Crippen LogP contribution is 2.25. The number of fused-ring (bicyclic) bond motifs is 1. The molecule has 7 nitrogen and oxygen atoms in total. The van der Waals surface area contributed by atoms with Crippen LogP contribution in [0.15, 0.2) is 28.9 Å². The van der Waals surface area contributed by atoms with Crippen LogP contribution in [-0.4, -0.2) is 51.2 Å². The smallest absolute Gasteiger partial charge is 0.257 e. The van der Waals surface area contributed by atoms with Gasteiger partial charge in [0.2, 0.25) is 5.82 Å². The van der Waals surface area contributed by atoms with Gasteiger partial charge in [0.25, 0.3) is 5.89 Å². The molecule has 114 valence electrons. The number of hydrogen-bond acceptors (Lipinski definition) is 6. The molecule has 1 aliphatic heterocycles. The molecule has 0 aliphatic carbocycles. The van der Waals surface area contributed by atoms with Crippen molar-refractivity contribution in [2.24, 2.45) is 0 Å². The Morgan fingerprint density at radius 3 is 3.00 bits per heavy atom. The fourth-order valence-electron chi connectivity index (χ4n) is 2.82. The summed E-state index contributed by atoms with van der Waals surface area (Å²) in [5, 5.41) is 5.10. The summed E-state index contributed by atoms with van der Waals surface area (Å²) >= 11 is 0. The van der Waals surface area contributed by atoms with E-state index in [2.05, 4.69) is 32.1 Å². The molecule has 0 unspecified atom stereocenters. The van der Waals surface area contributed by atoms with E-state index < -0.39 is 0 Å². The molecule has 0 radical (unpaired) electrons. The Kier molecular flexibility index (Phi) is 3.16. The van der Waals surface area contributed by atoms with Crippen LogP contribution >= 0.6 is 0 Å². The highest BCUT2D eigenvalue weighted by Gasteiger charge is 2.29. The molecule has 1 aliphatic rings. The number of aromatic nitrogens is 4. The minimum Gasteiger partial charge on any atom is -0.363 e. The third-order valence-corrected chi connectivity index (χ3v) is 3.80. The molecule has 4 heterocycles. The van der Waals surface area contributed by atoms with Gasteiger partial charge in [0.15, 0.2) is 0 Å². The Hall–Kier alpha value is -2.25. The van der Waals surface area contributed by atoms with Gasteiger partial charge in [0, 0.05) is 24.7 Å². The van der Waals surface area contributed by atoms with Crippen LogP contribution in [0.1, 0.15) is 18.9 Å². The number of nitrogens with one attached hydrogen (secondary N) is 1. The molecule has 4 rings (SSSR count). The summed E-state index contributed by atoms with van der Waals surface area (Å²) in [6.45, 7) is 3.69. The molecular formula is C15H17N5O2. The van der Waals surface area contributed by atoms with Gasteiger partial charge >= 0.3 is 0 Å². The van der Waals surface area contributed by atoms with Crippen molar-refractivity contribution >= 4 is 11.0 Å². The number of ether oxygens (including phenoxy) is 1. The van der Waals surface area contributed by atoms with E-state index in [0.29, 0.717) is 17.4 Å². The number of rotatable bonds is 2. The molecule has 0 spiro atoms. The zero-order chi connectivity index (χ0) is 15.1. The van der Waals surface area contributed by atoms with E-state index in [1.165, 1.54) is 0 Å². The maximum absolute atomic E-state index is 5.89. The summed E-state index contributed by atoms with van der Waals surface area (Å²) in [6.07, 6.45) is 1.81. The van der Waals surface area contributed by atoms with Crippen molar-refractivity contribution in [1.29, 1.82) is 0 Å². The minimum absolute atomic E-state index is 0.146. The second kappa shape index (κ2) is 5.19. The number of nitrogens with zero attached hydrogens (tertiary/aromatic N) is 4. The molecule has 3 aromatic heterocycles. The molecule has 1 N–H and O–H groups in total. The van der Waals surface area contributed by atoms with E-state index in [1.54, 1.807) is 0 Å². The lowest BCUT2D eigenvalue weighted by molar-refractivity contribution is -0.0838. The first kappa shape index (κ1) is 13.4. The fraction of sp³-hybridized carbons (Fsp3) is 0.400. The van der Waals surface area contributed by atoms with Gasteiger partial charge in [0.1, 0.15) is 17.4 Å². The third-order valence-electron chi connectivity index (χ3n) is 3.80. The summed E-state index contributed by atoms with van der Waals surface area (Å²) in [5.74, 6) is 0.984. The first-order chi connectivity index (χ1) is 10.7. The van der Waals surface area contributed by atoms with Crippen LogP contribution in [-0.2, 0) is 4.74 Å². The van der Waals surface area contributed by atoms with Crippen LogP contribution in [0.2, 0.25) is 0 Å². The van der Waals surface area contributed by atoms with Crippen LogP contribution < -0.4 is 0 Å². The van der Waals surface area contributed by atoms with E-state index in [4.69, 9.17) is 9.26 Å². The van der Waals surface area contributed by atoms with Gasteiger partial charge in [-0.2, -0.15) is 4.98 Å². The summed E-state index contributed by atoms with van der Waals surface area (Å²) in [6, 6.07) is 5.85. The predicted octanol–water partition coefficient (Wildman–Crippen LogP) is 2.00. The fourth-order valence-corrected chi connectivity index (χ4v) is 2.82. The monoisotopic (exact) mass is 299 g/mol. The molecule has 0 amide bonds. The van der Waals surface area contributed by atoms with Gasteiger partial charge in [0.05, 0.1) is 6.10 Å². The minimum atomic E-state index is -0.191. The summed E-state index contributed by atoms with van der Waals surface area (Å²) < 4.78 is 11.3. The largest absolute Gasteiger partial charge is 0.363 e. The van der Waals surface area contributed by atoms with Crippen LogP contribution in [0.3, 0.4) is 0 Å². The Bertz CT molecular complexity index is 786. The molecule has 7 heteroatoms. The van der Waals surface area contributed by atoms with E-state index in [9.17, 15) is 0 Å². The van der Waals surface area contributed by atoms with Crippen molar-refractivity contribution in [2.45, 2.75) is 19.1 Å². The topological polar surface area (TPSA) is 80.1 Å². The maximum atomic E-state index is 5.89. The molecule has 22 heavy (non-hydrogen) atoms. The second-order valence-corrected chi connectivity index (χ2v) is 5.72. The maximum Gasteiger partial charge on any atom is 0.257 e. The molecule has 3 aromatic rings.